The molecule has 8 nitrogen and oxygen atoms in total. The van der Waals surface area contributed by atoms with Crippen molar-refractivity contribution in [1.82, 2.24) is 9.97 Å². The van der Waals surface area contributed by atoms with E-state index >= 15 is 0 Å². The molecule has 4 aromatic carbocycles. The van der Waals surface area contributed by atoms with Crippen LogP contribution in [0.4, 0.5) is 11.4 Å². The van der Waals surface area contributed by atoms with Crippen LogP contribution in [-0.2, 0) is 37.1 Å². The molecule has 0 unspecified atom stereocenters. The summed E-state index contributed by atoms with van der Waals surface area (Å²) in [6.45, 7) is 24.8. The first-order valence-corrected chi connectivity index (χ1v) is 23.1. The zero-order chi connectivity index (χ0) is 42.7. The Morgan fingerprint density at radius 3 is 0.983 bits per heavy atom. The first kappa shape index (κ1) is 47.4. The van der Waals surface area contributed by atoms with Crippen LogP contribution in [0.3, 0.4) is 0 Å². The number of pyridine rings is 2. The number of fused-ring (bicyclic) bond motifs is 2. The molecule has 11 heteroatoms. The summed E-state index contributed by atoms with van der Waals surface area (Å²) < 4.78 is 62.8. The SMILES string of the molecule is CC(C)c1cc(C(C)C)c(S(=O)(=O)[N-]c2cccc3cccnc23)c(C(C)C)c1.CC(C)c1cc(C(C)C)c(S(=O)(=O)[N-]c2cccc3cccnc23)c(C(C)C)c1.[Cu+2]. The molecule has 317 valence electrons. The molecule has 59 heavy (non-hydrogen) atoms. The molecule has 0 N–H and O–H groups in total. The smallest absolute Gasteiger partial charge is 0.571 e. The fraction of sp³-hybridized carbons (Fsp3) is 0.375. The number of para-hydroxylation sites is 2. The van der Waals surface area contributed by atoms with E-state index in [2.05, 4.69) is 47.1 Å². The van der Waals surface area contributed by atoms with Gasteiger partial charge in [0, 0.05) is 12.4 Å². The van der Waals surface area contributed by atoms with Gasteiger partial charge in [0.05, 0.1) is 20.8 Å². The van der Waals surface area contributed by atoms with Gasteiger partial charge in [0.15, 0.2) is 0 Å². The van der Waals surface area contributed by atoms with E-state index in [0.29, 0.717) is 44.0 Å². The minimum absolute atomic E-state index is 0. The van der Waals surface area contributed by atoms with Crippen LogP contribution in [0.2, 0.25) is 0 Å². The molecular weight excluding hydrogens is 824 g/mol. The zero-order valence-electron chi connectivity index (χ0n) is 36.2. The van der Waals surface area contributed by atoms with E-state index in [1.54, 1.807) is 24.5 Å². The topological polar surface area (TPSA) is 122 Å². The van der Waals surface area contributed by atoms with Crippen molar-refractivity contribution in [2.24, 2.45) is 0 Å². The van der Waals surface area contributed by atoms with Crippen molar-refractivity contribution in [1.29, 1.82) is 0 Å². The second kappa shape index (κ2) is 19.4. The molecule has 0 bridgehead atoms. The molecule has 0 amide bonds. The number of rotatable bonds is 12. The molecule has 2 aromatic heterocycles. The third-order valence-electron chi connectivity index (χ3n) is 10.3. The minimum Gasteiger partial charge on any atom is -0.571 e. The number of aromatic nitrogens is 2. The second-order valence-electron chi connectivity index (χ2n) is 16.8. The molecule has 0 saturated carbocycles. The van der Waals surface area contributed by atoms with Crippen LogP contribution < -0.4 is 0 Å². The summed E-state index contributed by atoms with van der Waals surface area (Å²) in [5.41, 5.74) is 7.57. The summed E-state index contributed by atoms with van der Waals surface area (Å²) >= 11 is 0. The Balaban J connectivity index is 0.000000256. The van der Waals surface area contributed by atoms with Crippen molar-refractivity contribution in [2.75, 3.05) is 0 Å². The normalized spacial score (nSPS) is 12.1. The first-order chi connectivity index (χ1) is 27.2. The fourth-order valence-corrected chi connectivity index (χ4v) is 10.4. The molecular formula is C48H58CuN4O4S2. The van der Waals surface area contributed by atoms with Crippen LogP contribution in [0.15, 0.2) is 107 Å². The molecule has 0 aliphatic carbocycles. The van der Waals surface area contributed by atoms with Gasteiger partial charge in [0.25, 0.3) is 0 Å². The van der Waals surface area contributed by atoms with Gasteiger partial charge >= 0.3 is 17.1 Å². The number of sulfonamides is 2. The van der Waals surface area contributed by atoms with E-state index < -0.39 is 20.0 Å². The van der Waals surface area contributed by atoms with Crippen molar-refractivity contribution in [2.45, 2.75) is 128 Å². The molecule has 1 radical (unpaired) electrons. The Bertz CT molecular complexity index is 2390. The Kier molecular flexibility index (Phi) is 15.6. The van der Waals surface area contributed by atoms with Gasteiger partial charge in [-0.05, 0) is 91.8 Å². The number of benzene rings is 4. The van der Waals surface area contributed by atoms with Crippen LogP contribution >= 0.6 is 0 Å². The molecule has 0 saturated heterocycles. The summed E-state index contributed by atoms with van der Waals surface area (Å²) in [7, 11) is -7.83. The number of nitrogens with zero attached hydrogens (tertiary/aromatic N) is 4. The molecule has 0 aliphatic heterocycles. The van der Waals surface area contributed by atoms with Gasteiger partial charge in [-0.1, -0.05) is 156 Å². The van der Waals surface area contributed by atoms with Crippen LogP contribution in [0.25, 0.3) is 31.3 Å². The van der Waals surface area contributed by atoms with Gasteiger partial charge in [0.1, 0.15) is 20.0 Å². The van der Waals surface area contributed by atoms with Crippen molar-refractivity contribution < 1.29 is 33.9 Å². The van der Waals surface area contributed by atoms with Gasteiger partial charge < -0.3 is 9.44 Å². The van der Waals surface area contributed by atoms with Gasteiger partial charge in [-0.3, -0.25) is 9.97 Å². The van der Waals surface area contributed by atoms with E-state index in [-0.39, 0.29) is 40.7 Å². The van der Waals surface area contributed by atoms with Crippen molar-refractivity contribution in [3.8, 4) is 0 Å². The summed E-state index contributed by atoms with van der Waals surface area (Å²) in [6.07, 6.45) is 3.31. The zero-order valence-corrected chi connectivity index (χ0v) is 38.8. The fourth-order valence-electron chi connectivity index (χ4n) is 7.05. The van der Waals surface area contributed by atoms with Gasteiger partial charge in [-0.15, -0.1) is 11.4 Å². The third-order valence-corrected chi connectivity index (χ3v) is 13.2. The Morgan fingerprint density at radius 2 is 0.712 bits per heavy atom. The Labute approximate surface area is 363 Å². The molecule has 0 atom stereocenters. The second-order valence-corrected chi connectivity index (χ2v) is 19.9. The Morgan fingerprint density at radius 1 is 0.424 bits per heavy atom. The maximum Gasteiger partial charge on any atom is 2.00 e. The van der Waals surface area contributed by atoms with Crippen LogP contribution in [-0.4, -0.2) is 26.8 Å². The maximum absolute atomic E-state index is 13.6. The van der Waals surface area contributed by atoms with Crippen molar-refractivity contribution >= 4 is 53.2 Å². The van der Waals surface area contributed by atoms with E-state index in [9.17, 15) is 16.8 Å². The first-order valence-electron chi connectivity index (χ1n) is 20.2. The molecule has 6 rings (SSSR count). The molecule has 6 aromatic rings. The predicted octanol–water partition coefficient (Wildman–Crippen LogP) is 14.0. The molecule has 0 aliphatic rings. The van der Waals surface area contributed by atoms with Crippen LogP contribution in [0.5, 0.6) is 0 Å². The van der Waals surface area contributed by atoms with E-state index in [0.717, 1.165) is 44.2 Å². The largest absolute Gasteiger partial charge is 2.00 e. The van der Waals surface area contributed by atoms with E-state index in [4.69, 9.17) is 0 Å². The van der Waals surface area contributed by atoms with Crippen LogP contribution in [0, 0.1) is 0 Å². The van der Waals surface area contributed by atoms with Crippen molar-refractivity contribution in [3.63, 3.8) is 0 Å². The molecule has 0 spiro atoms. The molecule has 0 fully saturated rings. The molecule has 2 heterocycles. The average Bonchev–Trinajstić information content (AvgIpc) is 3.17. The summed E-state index contributed by atoms with van der Waals surface area (Å²) in [5.74, 6) is 0.907. The summed E-state index contributed by atoms with van der Waals surface area (Å²) in [4.78, 5) is 9.40. The quantitative estimate of drug-likeness (QED) is 0.113. The van der Waals surface area contributed by atoms with Gasteiger partial charge in [-0.2, -0.15) is 0 Å². The van der Waals surface area contributed by atoms with Gasteiger partial charge in [-0.25, -0.2) is 16.8 Å². The predicted molar refractivity (Wildman–Crippen MR) is 241 cm³/mol. The average molecular weight is 883 g/mol. The third kappa shape index (κ3) is 10.7. The monoisotopic (exact) mass is 881 g/mol. The maximum atomic E-state index is 13.6. The summed E-state index contributed by atoms with van der Waals surface area (Å²) in [6, 6.07) is 26.5. The number of hydrogen-bond donors (Lipinski definition) is 0. The van der Waals surface area contributed by atoms with E-state index in [1.165, 1.54) is 0 Å². The summed E-state index contributed by atoms with van der Waals surface area (Å²) in [5, 5.41) is 1.74. The Hall–Kier alpha value is -4.28. The number of hydrogen-bond acceptors (Lipinski definition) is 6. The van der Waals surface area contributed by atoms with E-state index in [1.807, 2.05) is 128 Å². The standard InChI is InChI=1S/2C24H29N2O2S.Cu/c2*1-15(2)19-13-20(16(3)4)24(21(14-19)17(5)6)29(27,28)26-22-11-7-9-18-10-8-12-25-23(18)22;/h2*7-17H,1-6H3;/q2*-1;+2. The van der Waals surface area contributed by atoms with Crippen molar-refractivity contribution in [3.05, 3.63) is 140 Å². The van der Waals surface area contributed by atoms with Gasteiger partial charge in [0.2, 0.25) is 0 Å². The minimum atomic E-state index is -3.91. The van der Waals surface area contributed by atoms with Crippen LogP contribution in [0.1, 0.15) is 152 Å².